The van der Waals surface area contributed by atoms with Crippen molar-refractivity contribution in [3.8, 4) is 0 Å². The van der Waals surface area contributed by atoms with E-state index in [4.69, 9.17) is 10.5 Å². The van der Waals surface area contributed by atoms with E-state index in [1.165, 1.54) is 16.7 Å². The Labute approximate surface area is 104 Å². The molecule has 0 aliphatic carbocycles. The molecule has 2 rings (SSSR count). The van der Waals surface area contributed by atoms with Crippen molar-refractivity contribution in [1.29, 1.82) is 0 Å². The third-order valence-corrected chi connectivity index (χ3v) is 3.21. The molecule has 16 heavy (non-hydrogen) atoms. The number of aryl methyl sites for hydroxylation is 1. The summed E-state index contributed by atoms with van der Waals surface area (Å²) in [5.74, 6) is 0. The molecule has 0 radical (unpaired) electrons. The zero-order chi connectivity index (χ0) is 11.1. The summed E-state index contributed by atoms with van der Waals surface area (Å²) in [5.41, 5.74) is 10.1. The standard InChI is InChI=1S/C13H19NO.ClH/c1-9-4-5-10-7-15-8-13(2,3)12(14)11(10)6-9;/h4-6,12H,7-8,14H2,1-3H3;1H. The van der Waals surface area contributed by atoms with Crippen LogP contribution in [0.25, 0.3) is 0 Å². The highest BCUT2D eigenvalue weighted by Gasteiger charge is 2.32. The fourth-order valence-electron chi connectivity index (χ4n) is 2.07. The van der Waals surface area contributed by atoms with E-state index in [1.54, 1.807) is 0 Å². The van der Waals surface area contributed by atoms with Crippen molar-refractivity contribution in [2.45, 2.75) is 33.4 Å². The molecule has 1 aromatic carbocycles. The van der Waals surface area contributed by atoms with E-state index in [1.807, 2.05) is 0 Å². The van der Waals surface area contributed by atoms with Crippen LogP contribution in [-0.4, -0.2) is 6.61 Å². The van der Waals surface area contributed by atoms with Crippen LogP contribution in [0.15, 0.2) is 18.2 Å². The molecule has 3 heteroatoms. The number of rotatable bonds is 0. The van der Waals surface area contributed by atoms with Gasteiger partial charge in [0.25, 0.3) is 0 Å². The zero-order valence-corrected chi connectivity index (χ0v) is 10.9. The molecular formula is C13H20ClNO. The van der Waals surface area contributed by atoms with E-state index < -0.39 is 0 Å². The minimum absolute atomic E-state index is 0. The summed E-state index contributed by atoms with van der Waals surface area (Å²) in [4.78, 5) is 0. The molecule has 0 spiro atoms. The monoisotopic (exact) mass is 241 g/mol. The maximum absolute atomic E-state index is 6.31. The SMILES string of the molecule is Cc1ccc2c(c1)C(N)C(C)(C)COC2.Cl. The molecule has 2 nitrogen and oxygen atoms in total. The van der Waals surface area contributed by atoms with Gasteiger partial charge in [0.1, 0.15) is 0 Å². The summed E-state index contributed by atoms with van der Waals surface area (Å²) in [5, 5.41) is 0. The highest BCUT2D eigenvalue weighted by Crippen LogP contribution is 2.36. The number of benzene rings is 1. The first-order chi connectivity index (χ1) is 7.00. The summed E-state index contributed by atoms with van der Waals surface area (Å²) < 4.78 is 5.67. The van der Waals surface area contributed by atoms with Crippen LogP contribution >= 0.6 is 12.4 Å². The van der Waals surface area contributed by atoms with Gasteiger partial charge in [-0.2, -0.15) is 0 Å². The molecule has 1 unspecified atom stereocenters. The molecule has 0 bridgehead atoms. The first-order valence-electron chi connectivity index (χ1n) is 5.43. The average molecular weight is 242 g/mol. The second-order valence-electron chi connectivity index (χ2n) is 5.16. The summed E-state index contributed by atoms with van der Waals surface area (Å²) in [7, 11) is 0. The van der Waals surface area contributed by atoms with Gasteiger partial charge in [0, 0.05) is 11.5 Å². The minimum atomic E-state index is 0. The second kappa shape index (κ2) is 4.74. The van der Waals surface area contributed by atoms with Crippen LogP contribution < -0.4 is 5.73 Å². The van der Waals surface area contributed by atoms with Gasteiger partial charge < -0.3 is 10.5 Å². The first kappa shape index (κ1) is 13.5. The Morgan fingerprint density at radius 3 is 2.75 bits per heavy atom. The van der Waals surface area contributed by atoms with Crippen molar-refractivity contribution in [3.63, 3.8) is 0 Å². The third kappa shape index (κ3) is 2.40. The Bertz CT molecular complexity index is 376. The largest absolute Gasteiger partial charge is 0.376 e. The molecule has 0 amide bonds. The molecule has 1 aromatic rings. The summed E-state index contributed by atoms with van der Waals surface area (Å²) in [6, 6.07) is 6.50. The summed E-state index contributed by atoms with van der Waals surface area (Å²) >= 11 is 0. The van der Waals surface area contributed by atoms with Crippen LogP contribution in [0, 0.1) is 12.3 Å². The van der Waals surface area contributed by atoms with Gasteiger partial charge in [-0.05, 0) is 18.1 Å². The van der Waals surface area contributed by atoms with E-state index >= 15 is 0 Å². The average Bonchev–Trinajstić information content (AvgIpc) is 2.27. The minimum Gasteiger partial charge on any atom is -0.376 e. The van der Waals surface area contributed by atoms with Crippen molar-refractivity contribution in [3.05, 3.63) is 34.9 Å². The number of halogens is 1. The van der Waals surface area contributed by atoms with Gasteiger partial charge in [0.05, 0.1) is 13.2 Å². The number of ether oxygens (including phenoxy) is 1. The molecule has 0 aromatic heterocycles. The van der Waals surface area contributed by atoms with E-state index in [0.29, 0.717) is 6.61 Å². The number of nitrogens with two attached hydrogens (primary N) is 1. The molecule has 1 aliphatic rings. The molecule has 1 heterocycles. The molecule has 0 saturated heterocycles. The van der Waals surface area contributed by atoms with Gasteiger partial charge in [-0.3, -0.25) is 0 Å². The van der Waals surface area contributed by atoms with Crippen molar-refractivity contribution in [1.82, 2.24) is 0 Å². The molecule has 1 atom stereocenters. The molecule has 2 N–H and O–H groups in total. The van der Waals surface area contributed by atoms with Crippen LogP contribution in [0.2, 0.25) is 0 Å². The first-order valence-corrected chi connectivity index (χ1v) is 5.43. The van der Waals surface area contributed by atoms with Crippen LogP contribution in [0.3, 0.4) is 0 Å². The fourth-order valence-corrected chi connectivity index (χ4v) is 2.07. The van der Waals surface area contributed by atoms with Gasteiger partial charge in [-0.15, -0.1) is 12.4 Å². The maximum Gasteiger partial charge on any atom is 0.0720 e. The predicted octanol–water partition coefficient (Wildman–Crippen LogP) is 2.97. The number of hydrogen-bond donors (Lipinski definition) is 1. The Balaban J connectivity index is 0.00000128. The highest BCUT2D eigenvalue weighted by atomic mass is 35.5. The predicted molar refractivity (Wildman–Crippen MR) is 68.8 cm³/mol. The number of hydrogen-bond acceptors (Lipinski definition) is 2. The van der Waals surface area contributed by atoms with Crippen molar-refractivity contribution in [2.24, 2.45) is 11.1 Å². The van der Waals surface area contributed by atoms with Gasteiger partial charge in [-0.25, -0.2) is 0 Å². The van der Waals surface area contributed by atoms with Gasteiger partial charge >= 0.3 is 0 Å². The second-order valence-corrected chi connectivity index (χ2v) is 5.16. The lowest BCUT2D eigenvalue weighted by atomic mass is 9.81. The Kier molecular flexibility index (Phi) is 4.00. The van der Waals surface area contributed by atoms with Crippen LogP contribution in [-0.2, 0) is 11.3 Å². The van der Waals surface area contributed by atoms with Crippen LogP contribution in [0.4, 0.5) is 0 Å². The highest BCUT2D eigenvalue weighted by molar-refractivity contribution is 5.85. The fraction of sp³-hybridized carbons (Fsp3) is 0.538. The topological polar surface area (TPSA) is 35.2 Å². The Morgan fingerprint density at radius 1 is 1.38 bits per heavy atom. The maximum atomic E-state index is 6.31. The smallest absolute Gasteiger partial charge is 0.0720 e. The molecule has 0 saturated carbocycles. The normalized spacial score (nSPS) is 22.9. The zero-order valence-electron chi connectivity index (χ0n) is 10.1. The lowest BCUT2D eigenvalue weighted by Crippen LogP contribution is -2.32. The van der Waals surface area contributed by atoms with E-state index in [9.17, 15) is 0 Å². The Morgan fingerprint density at radius 2 is 2.06 bits per heavy atom. The van der Waals surface area contributed by atoms with E-state index in [0.717, 1.165) is 6.61 Å². The number of fused-ring (bicyclic) bond motifs is 1. The molecular weight excluding hydrogens is 222 g/mol. The quantitative estimate of drug-likeness (QED) is 0.758. The van der Waals surface area contributed by atoms with Crippen molar-refractivity contribution in [2.75, 3.05) is 6.61 Å². The summed E-state index contributed by atoms with van der Waals surface area (Å²) in [6.45, 7) is 7.84. The molecule has 90 valence electrons. The summed E-state index contributed by atoms with van der Waals surface area (Å²) in [6.07, 6.45) is 0. The third-order valence-electron chi connectivity index (χ3n) is 3.21. The lowest BCUT2D eigenvalue weighted by molar-refractivity contribution is 0.0494. The van der Waals surface area contributed by atoms with Crippen molar-refractivity contribution >= 4 is 12.4 Å². The van der Waals surface area contributed by atoms with Crippen LogP contribution in [0.1, 0.15) is 36.6 Å². The molecule has 0 fully saturated rings. The van der Waals surface area contributed by atoms with E-state index in [-0.39, 0.29) is 23.9 Å². The Hall–Kier alpha value is -0.570. The van der Waals surface area contributed by atoms with Gasteiger partial charge in [0.2, 0.25) is 0 Å². The lowest BCUT2D eigenvalue weighted by Gasteiger charge is -2.29. The van der Waals surface area contributed by atoms with Crippen molar-refractivity contribution < 1.29 is 4.74 Å². The van der Waals surface area contributed by atoms with Crippen LogP contribution in [0.5, 0.6) is 0 Å². The van der Waals surface area contributed by atoms with Gasteiger partial charge in [0.15, 0.2) is 0 Å². The van der Waals surface area contributed by atoms with Gasteiger partial charge in [-0.1, -0.05) is 37.6 Å². The van der Waals surface area contributed by atoms with E-state index in [2.05, 4.69) is 39.0 Å². The molecule has 1 aliphatic heterocycles.